The van der Waals surface area contributed by atoms with Gasteiger partial charge >= 0.3 is 0 Å². The van der Waals surface area contributed by atoms with E-state index in [-0.39, 0.29) is 0 Å². The smallest absolute Gasteiger partial charge is 0.145 e. The third kappa shape index (κ3) is 5.16. The highest BCUT2D eigenvalue weighted by Crippen LogP contribution is 2.12. The summed E-state index contributed by atoms with van der Waals surface area (Å²) in [5.41, 5.74) is 7.94. The van der Waals surface area contributed by atoms with Gasteiger partial charge in [0.25, 0.3) is 0 Å². The molecule has 0 unspecified atom stereocenters. The molecule has 1 rings (SSSR count). The van der Waals surface area contributed by atoms with Crippen LogP contribution in [0.4, 0.5) is 5.82 Å². The zero-order valence-electron chi connectivity index (χ0n) is 11.2. The molecule has 0 aliphatic rings. The van der Waals surface area contributed by atoms with Gasteiger partial charge in [-0.2, -0.15) is 0 Å². The highest BCUT2D eigenvalue weighted by molar-refractivity contribution is 5.34. The van der Waals surface area contributed by atoms with Crippen LogP contribution >= 0.6 is 0 Å². The maximum atomic E-state index is 5.85. The number of hydrogen-bond acceptors (Lipinski definition) is 3. The van der Waals surface area contributed by atoms with E-state index < -0.39 is 0 Å². The fourth-order valence-corrected chi connectivity index (χ4v) is 1.88. The number of aryl methyl sites for hydroxylation is 2. The first-order valence-electron chi connectivity index (χ1n) is 6.88. The maximum Gasteiger partial charge on any atom is 0.145 e. The second-order valence-electron chi connectivity index (χ2n) is 4.61. The highest BCUT2D eigenvalue weighted by atomic mass is 14.9. The molecule has 0 saturated carbocycles. The molecule has 17 heavy (non-hydrogen) atoms. The Hall–Kier alpha value is -1.12. The first-order valence-corrected chi connectivity index (χ1v) is 6.88. The van der Waals surface area contributed by atoms with Crippen molar-refractivity contribution in [2.45, 2.75) is 65.2 Å². The van der Waals surface area contributed by atoms with Crippen LogP contribution in [-0.4, -0.2) is 9.97 Å². The molecule has 0 amide bonds. The van der Waals surface area contributed by atoms with E-state index in [0.29, 0.717) is 5.82 Å². The molecule has 2 N–H and O–H groups in total. The molecule has 3 nitrogen and oxygen atoms in total. The monoisotopic (exact) mass is 235 g/mol. The predicted octanol–water partition coefficient (Wildman–Crippen LogP) is 3.52. The van der Waals surface area contributed by atoms with Gasteiger partial charge in [0, 0.05) is 0 Å². The largest absolute Gasteiger partial charge is 0.382 e. The lowest BCUT2D eigenvalue weighted by atomic mass is 10.1. The lowest BCUT2D eigenvalue weighted by molar-refractivity contribution is 0.685. The van der Waals surface area contributed by atoms with Gasteiger partial charge in [-0.25, -0.2) is 4.98 Å². The molecule has 0 aliphatic carbocycles. The van der Waals surface area contributed by atoms with E-state index in [2.05, 4.69) is 23.8 Å². The summed E-state index contributed by atoms with van der Waals surface area (Å²) < 4.78 is 0. The van der Waals surface area contributed by atoms with E-state index in [9.17, 15) is 0 Å². The second-order valence-corrected chi connectivity index (χ2v) is 4.61. The van der Waals surface area contributed by atoms with Crippen LogP contribution in [0.1, 0.15) is 63.8 Å². The topological polar surface area (TPSA) is 51.8 Å². The quantitative estimate of drug-likeness (QED) is 0.701. The molecule has 1 aromatic heterocycles. The summed E-state index contributed by atoms with van der Waals surface area (Å²) in [6.45, 7) is 4.42. The normalized spacial score (nSPS) is 10.7. The van der Waals surface area contributed by atoms with Gasteiger partial charge in [-0.1, -0.05) is 39.5 Å². The first-order chi connectivity index (χ1) is 8.27. The molecule has 0 spiro atoms. The van der Waals surface area contributed by atoms with Gasteiger partial charge in [-0.3, -0.25) is 4.98 Å². The number of hydrogen-bond donors (Lipinski definition) is 1. The minimum atomic E-state index is 0.611. The van der Waals surface area contributed by atoms with Crippen LogP contribution in [0.2, 0.25) is 0 Å². The fourth-order valence-electron chi connectivity index (χ4n) is 1.88. The third-order valence-corrected chi connectivity index (χ3v) is 2.98. The lowest BCUT2D eigenvalue weighted by Crippen LogP contribution is -2.04. The van der Waals surface area contributed by atoms with E-state index >= 15 is 0 Å². The molecule has 3 heteroatoms. The van der Waals surface area contributed by atoms with E-state index in [1.807, 2.05) is 6.20 Å². The van der Waals surface area contributed by atoms with Gasteiger partial charge in [0.15, 0.2) is 0 Å². The van der Waals surface area contributed by atoms with Crippen molar-refractivity contribution >= 4 is 5.82 Å². The Morgan fingerprint density at radius 1 is 1.00 bits per heavy atom. The van der Waals surface area contributed by atoms with Crippen molar-refractivity contribution in [1.29, 1.82) is 0 Å². The Morgan fingerprint density at radius 3 is 2.29 bits per heavy atom. The van der Waals surface area contributed by atoms with E-state index in [1.165, 1.54) is 32.1 Å². The van der Waals surface area contributed by atoms with Gasteiger partial charge in [-0.15, -0.1) is 0 Å². The molecule has 0 atom stereocenters. The third-order valence-electron chi connectivity index (χ3n) is 2.98. The summed E-state index contributed by atoms with van der Waals surface area (Å²) in [5, 5.41) is 0. The maximum absolute atomic E-state index is 5.85. The molecule has 1 aromatic rings. The summed E-state index contributed by atoms with van der Waals surface area (Å²) in [7, 11) is 0. The molecule has 0 bridgehead atoms. The SMILES string of the molecule is CCCCCc1cnc(N)c(CCCCC)n1. The Balaban J connectivity index is 2.53. The van der Waals surface area contributed by atoms with Crippen LogP contribution in [0.15, 0.2) is 6.20 Å². The summed E-state index contributed by atoms with van der Waals surface area (Å²) in [6.07, 6.45) is 11.1. The van der Waals surface area contributed by atoms with Gasteiger partial charge < -0.3 is 5.73 Å². The van der Waals surface area contributed by atoms with Crippen LogP contribution in [-0.2, 0) is 12.8 Å². The molecule has 0 saturated heterocycles. The van der Waals surface area contributed by atoms with Crippen molar-refractivity contribution in [3.8, 4) is 0 Å². The molecule has 0 aromatic carbocycles. The van der Waals surface area contributed by atoms with Crippen molar-refractivity contribution in [3.05, 3.63) is 17.6 Å². The van der Waals surface area contributed by atoms with Crippen LogP contribution in [0.25, 0.3) is 0 Å². The van der Waals surface area contributed by atoms with E-state index in [4.69, 9.17) is 5.73 Å². The Morgan fingerprint density at radius 2 is 1.65 bits per heavy atom. The molecule has 1 heterocycles. The van der Waals surface area contributed by atoms with Crippen molar-refractivity contribution < 1.29 is 0 Å². The van der Waals surface area contributed by atoms with Crippen molar-refractivity contribution in [3.63, 3.8) is 0 Å². The number of nitrogens with two attached hydrogens (primary N) is 1. The minimum Gasteiger partial charge on any atom is -0.382 e. The van der Waals surface area contributed by atoms with Crippen LogP contribution in [0.3, 0.4) is 0 Å². The number of nitrogens with zero attached hydrogens (tertiary/aromatic N) is 2. The summed E-state index contributed by atoms with van der Waals surface area (Å²) in [5.74, 6) is 0.611. The number of anilines is 1. The average Bonchev–Trinajstić information content (AvgIpc) is 2.33. The predicted molar refractivity (Wildman–Crippen MR) is 72.9 cm³/mol. The Kier molecular flexibility index (Phi) is 6.60. The highest BCUT2D eigenvalue weighted by Gasteiger charge is 2.04. The van der Waals surface area contributed by atoms with Crippen molar-refractivity contribution in [2.24, 2.45) is 0 Å². The first kappa shape index (κ1) is 13.9. The van der Waals surface area contributed by atoms with Crippen molar-refractivity contribution in [1.82, 2.24) is 9.97 Å². The van der Waals surface area contributed by atoms with Crippen LogP contribution in [0, 0.1) is 0 Å². The van der Waals surface area contributed by atoms with Crippen LogP contribution < -0.4 is 5.73 Å². The molecule has 0 fully saturated rings. The Bertz CT molecular complexity index is 323. The van der Waals surface area contributed by atoms with Crippen LogP contribution in [0.5, 0.6) is 0 Å². The van der Waals surface area contributed by atoms with Crippen molar-refractivity contribution in [2.75, 3.05) is 5.73 Å². The van der Waals surface area contributed by atoms with Gasteiger partial charge in [0.05, 0.1) is 17.6 Å². The van der Waals surface area contributed by atoms with Gasteiger partial charge in [-0.05, 0) is 25.7 Å². The minimum absolute atomic E-state index is 0.611. The molecular formula is C14H25N3. The lowest BCUT2D eigenvalue weighted by Gasteiger charge is -2.06. The number of aromatic nitrogens is 2. The molecule has 0 aliphatic heterocycles. The zero-order valence-corrected chi connectivity index (χ0v) is 11.2. The Labute approximate surface area is 105 Å². The van der Waals surface area contributed by atoms with Gasteiger partial charge in [0.2, 0.25) is 0 Å². The number of rotatable bonds is 8. The van der Waals surface area contributed by atoms with E-state index in [0.717, 1.165) is 30.7 Å². The van der Waals surface area contributed by atoms with Gasteiger partial charge in [0.1, 0.15) is 5.82 Å². The average molecular weight is 235 g/mol. The summed E-state index contributed by atoms with van der Waals surface area (Å²) in [6, 6.07) is 0. The summed E-state index contributed by atoms with van der Waals surface area (Å²) in [4.78, 5) is 8.88. The standard InChI is InChI=1S/C14H25N3/c1-3-5-7-9-12-11-16-14(15)13(17-12)10-8-6-4-2/h11H,3-10H2,1-2H3,(H2,15,16). The molecule has 0 radical (unpaired) electrons. The molecular weight excluding hydrogens is 210 g/mol. The van der Waals surface area contributed by atoms with E-state index in [1.54, 1.807) is 0 Å². The fraction of sp³-hybridized carbons (Fsp3) is 0.714. The summed E-state index contributed by atoms with van der Waals surface area (Å²) >= 11 is 0. The number of unbranched alkanes of at least 4 members (excludes halogenated alkanes) is 4. The zero-order chi connectivity index (χ0) is 12.5. The number of nitrogen functional groups attached to an aromatic ring is 1. The molecule has 96 valence electrons. The second kappa shape index (κ2) is 8.04.